The molecule has 92 valence electrons. The van der Waals surface area contributed by atoms with Crippen LogP contribution >= 0.6 is 0 Å². The van der Waals surface area contributed by atoms with Gasteiger partial charge in [0.05, 0.1) is 0 Å². The van der Waals surface area contributed by atoms with Crippen LogP contribution in [0.3, 0.4) is 0 Å². The van der Waals surface area contributed by atoms with Crippen molar-refractivity contribution < 1.29 is 14.3 Å². The molecule has 0 fully saturated rings. The normalized spacial score (nSPS) is 13.9. The molecule has 0 N–H and O–H groups in total. The second kappa shape index (κ2) is 7.09. The molecule has 0 aromatic heterocycles. The van der Waals surface area contributed by atoms with Crippen LogP contribution in [0.5, 0.6) is 0 Å². The van der Waals surface area contributed by atoms with Gasteiger partial charge in [-0.1, -0.05) is 13.8 Å². The summed E-state index contributed by atoms with van der Waals surface area (Å²) in [4.78, 5) is 11.4. The predicted molar refractivity (Wildman–Crippen MR) is 64.9 cm³/mol. The molecule has 0 aliphatic heterocycles. The van der Waals surface area contributed by atoms with E-state index in [1.165, 1.54) is 0 Å². The minimum absolute atomic E-state index is 0.620. The summed E-state index contributed by atoms with van der Waals surface area (Å²) in [5, 5.41) is 0. The first-order chi connectivity index (χ1) is 7.42. The van der Waals surface area contributed by atoms with Gasteiger partial charge >= 0.3 is 6.16 Å². The number of ether oxygens (including phenoxy) is 2. The van der Waals surface area contributed by atoms with Crippen LogP contribution in [-0.2, 0) is 9.47 Å². The van der Waals surface area contributed by atoms with Crippen LogP contribution < -0.4 is 0 Å². The first-order valence-electron chi connectivity index (χ1n) is 5.64. The van der Waals surface area contributed by atoms with E-state index >= 15 is 0 Å². The van der Waals surface area contributed by atoms with Crippen LogP contribution in [0.2, 0.25) is 0 Å². The second-order valence-corrected chi connectivity index (χ2v) is 3.83. The van der Waals surface area contributed by atoms with Crippen LogP contribution in [0.15, 0.2) is 22.7 Å². The van der Waals surface area contributed by atoms with Gasteiger partial charge in [0.15, 0.2) is 0 Å². The summed E-state index contributed by atoms with van der Waals surface area (Å²) < 4.78 is 10.1. The molecular weight excluding hydrogens is 204 g/mol. The van der Waals surface area contributed by atoms with Crippen LogP contribution in [0.4, 0.5) is 4.79 Å². The zero-order chi connectivity index (χ0) is 12.7. The number of hydrogen-bond acceptors (Lipinski definition) is 3. The summed E-state index contributed by atoms with van der Waals surface area (Å²) in [6, 6.07) is 0. The van der Waals surface area contributed by atoms with Crippen molar-refractivity contribution in [3.05, 3.63) is 22.7 Å². The minimum atomic E-state index is -0.657. The van der Waals surface area contributed by atoms with Gasteiger partial charge in [0, 0.05) is 0 Å². The molecular formula is C13H22O3. The fraction of sp³-hybridized carbons (Fsp3) is 0.615. The third-order valence-electron chi connectivity index (χ3n) is 2.74. The molecule has 0 saturated heterocycles. The van der Waals surface area contributed by atoms with Crippen molar-refractivity contribution in [2.24, 2.45) is 0 Å². The Kier molecular flexibility index (Phi) is 6.54. The van der Waals surface area contributed by atoms with E-state index in [4.69, 9.17) is 9.47 Å². The summed E-state index contributed by atoms with van der Waals surface area (Å²) in [6.07, 6.45) is 1.07. The van der Waals surface area contributed by atoms with Crippen LogP contribution in [0, 0.1) is 0 Å². The highest BCUT2D eigenvalue weighted by Gasteiger charge is 2.09. The number of carbonyl (C=O) groups is 1. The lowest BCUT2D eigenvalue weighted by atomic mass is 10.2. The van der Waals surface area contributed by atoms with Crippen LogP contribution in [0.25, 0.3) is 0 Å². The molecule has 0 heterocycles. The van der Waals surface area contributed by atoms with Gasteiger partial charge < -0.3 is 9.47 Å². The van der Waals surface area contributed by atoms with Gasteiger partial charge in [-0.15, -0.1) is 0 Å². The van der Waals surface area contributed by atoms with Crippen molar-refractivity contribution >= 4 is 6.16 Å². The van der Waals surface area contributed by atoms with Gasteiger partial charge in [0.2, 0.25) is 0 Å². The molecule has 0 aliphatic carbocycles. The summed E-state index contributed by atoms with van der Waals surface area (Å²) in [6.45, 7) is 11.4. The van der Waals surface area contributed by atoms with Gasteiger partial charge in [-0.2, -0.15) is 0 Å². The maximum absolute atomic E-state index is 11.4. The van der Waals surface area contributed by atoms with Gasteiger partial charge in [-0.05, 0) is 51.7 Å². The Morgan fingerprint density at radius 3 is 1.38 bits per heavy atom. The molecule has 0 amide bonds. The summed E-state index contributed by atoms with van der Waals surface area (Å²) in [5.74, 6) is 1.24. The van der Waals surface area contributed by atoms with Crippen molar-refractivity contribution in [3.8, 4) is 0 Å². The van der Waals surface area contributed by atoms with E-state index in [0.29, 0.717) is 11.5 Å². The number of allylic oxidation sites excluding steroid dienone is 4. The quantitative estimate of drug-likeness (QED) is 0.521. The first-order valence-corrected chi connectivity index (χ1v) is 5.64. The highest BCUT2D eigenvalue weighted by atomic mass is 16.7. The molecule has 0 aliphatic rings. The zero-order valence-corrected chi connectivity index (χ0v) is 11.1. The molecule has 0 unspecified atom stereocenters. The maximum atomic E-state index is 11.4. The van der Waals surface area contributed by atoms with Crippen LogP contribution in [0.1, 0.15) is 54.4 Å². The number of hydrogen-bond donors (Lipinski definition) is 0. The van der Waals surface area contributed by atoms with Gasteiger partial charge in [-0.25, -0.2) is 4.79 Å². The SMILES string of the molecule is CCC(C)=C(C)OC(=O)OC(C)=C(C)CC. The van der Waals surface area contributed by atoms with Gasteiger partial charge in [0.25, 0.3) is 0 Å². The van der Waals surface area contributed by atoms with Gasteiger partial charge in [-0.3, -0.25) is 0 Å². The maximum Gasteiger partial charge on any atom is 0.518 e. The monoisotopic (exact) mass is 226 g/mol. The Hall–Kier alpha value is -1.25. The average Bonchev–Trinajstić information content (AvgIpc) is 2.26. The Morgan fingerprint density at radius 2 is 1.12 bits per heavy atom. The van der Waals surface area contributed by atoms with E-state index in [1.807, 2.05) is 27.7 Å². The molecule has 0 rings (SSSR count). The lowest BCUT2D eigenvalue weighted by molar-refractivity contribution is 0.101. The van der Waals surface area contributed by atoms with E-state index < -0.39 is 6.16 Å². The first kappa shape index (κ1) is 14.8. The van der Waals surface area contributed by atoms with E-state index in [9.17, 15) is 4.79 Å². The Balaban J connectivity index is 4.42. The summed E-state index contributed by atoms with van der Waals surface area (Å²) >= 11 is 0. The smallest absolute Gasteiger partial charge is 0.400 e. The minimum Gasteiger partial charge on any atom is -0.400 e. The molecule has 16 heavy (non-hydrogen) atoms. The molecule has 0 bridgehead atoms. The lowest BCUT2D eigenvalue weighted by Gasteiger charge is -2.09. The standard InChI is InChI=1S/C13H22O3/c1-7-9(3)11(5)15-13(14)16-12(6)10(4)8-2/h7-8H2,1-6H3. The summed E-state index contributed by atoms with van der Waals surface area (Å²) in [7, 11) is 0. The van der Waals surface area contributed by atoms with Crippen LogP contribution in [-0.4, -0.2) is 6.16 Å². The molecule has 0 radical (unpaired) electrons. The molecule has 0 aromatic rings. The highest BCUT2D eigenvalue weighted by molar-refractivity contribution is 5.63. The fourth-order valence-electron chi connectivity index (χ4n) is 0.943. The highest BCUT2D eigenvalue weighted by Crippen LogP contribution is 2.13. The number of rotatable bonds is 4. The van der Waals surface area contributed by atoms with E-state index in [1.54, 1.807) is 13.8 Å². The predicted octanol–water partition coefficient (Wildman–Crippen LogP) is 4.55. The third kappa shape index (κ3) is 5.01. The molecule has 0 atom stereocenters. The average molecular weight is 226 g/mol. The van der Waals surface area contributed by atoms with Crippen molar-refractivity contribution in [3.63, 3.8) is 0 Å². The Labute approximate surface area is 98.1 Å². The van der Waals surface area contributed by atoms with Crippen molar-refractivity contribution in [1.82, 2.24) is 0 Å². The molecule has 3 nitrogen and oxygen atoms in total. The topological polar surface area (TPSA) is 35.5 Å². The molecule has 3 heteroatoms. The molecule has 0 spiro atoms. The fourth-order valence-corrected chi connectivity index (χ4v) is 0.943. The Morgan fingerprint density at radius 1 is 0.812 bits per heavy atom. The largest absolute Gasteiger partial charge is 0.518 e. The second-order valence-electron chi connectivity index (χ2n) is 3.83. The van der Waals surface area contributed by atoms with E-state index in [2.05, 4.69) is 0 Å². The van der Waals surface area contributed by atoms with Crippen molar-refractivity contribution in [1.29, 1.82) is 0 Å². The zero-order valence-electron chi connectivity index (χ0n) is 11.1. The van der Waals surface area contributed by atoms with Crippen molar-refractivity contribution in [2.45, 2.75) is 54.4 Å². The summed E-state index contributed by atoms with van der Waals surface area (Å²) in [5.41, 5.74) is 2.09. The lowest BCUT2D eigenvalue weighted by Crippen LogP contribution is -2.06. The molecule has 0 saturated carbocycles. The third-order valence-corrected chi connectivity index (χ3v) is 2.74. The molecule has 0 aromatic carbocycles. The van der Waals surface area contributed by atoms with Gasteiger partial charge in [0.1, 0.15) is 11.5 Å². The van der Waals surface area contributed by atoms with E-state index in [-0.39, 0.29) is 0 Å². The number of carbonyl (C=O) groups excluding carboxylic acids is 1. The van der Waals surface area contributed by atoms with Crippen molar-refractivity contribution in [2.75, 3.05) is 0 Å². The Bertz CT molecular complexity index is 281. The van der Waals surface area contributed by atoms with E-state index in [0.717, 1.165) is 24.0 Å².